The molecule has 0 aliphatic rings. The van der Waals surface area contributed by atoms with Gasteiger partial charge in [-0.25, -0.2) is 9.18 Å². The van der Waals surface area contributed by atoms with Crippen LogP contribution >= 0.6 is 0 Å². The fourth-order valence-electron chi connectivity index (χ4n) is 2.49. The summed E-state index contributed by atoms with van der Waals surface area (Å²) in [6.45, 7) is 1.31. The lowest BCUT2D eigenvalue weighted by atomic mass is 10.1. The Morgan fingerprint density at radius 1 is 1.14 bits per heavy atom. The number of carbonyl (C=O) groups excluding carboxylic acids is 2. The average molecular weight is 387 g/mol. The number of carbonyl (C=O) groups is 2. The Morgan fingerprint density at radius 2 is 1.89 bits per heavy atom. The van der Waals surface area contributed by atoms with E-state index in [9.17, 15) is 14.0 Å². The highest BCUT2D eigenvalue weighted by Gasteiger charge is 2.16. The Balaban J connectivity index is 1.90. The van der Waals surface area contributed by atoms with E-state index in [1.54, 1.807) is 44.4 Å². The van der Waals surface area contributed by atoms with Gasteiger partial charge in [0.15, 0.2) is 6.61 Å². The molecule has 0 saturated carbocycles. The van der Waals surface area contributed by atoms with Crippen molar-refractivity contribution in [1.82, 2.24) is 5.32 Å². The molecule has 0 aromatic heterocycles. The van der Waals surface area contributed by atoms with Crippen LogP contribution in [-0.4, -0.2) is 32.7 Å². The Bertz CT molecular complexity index is 866. The predicted octanol–water partition coefficient (Wildman–Crippen LogP) is 3.28. The number of hydrogen-bond donors (Lipinski definition) is 1. The Labute approximate surface area is 162 Å². The summed E-state index contributed by atoms with van der Waals surface area (Å²) >= 11 is 0. The molecule has 148 valence electrons. The summed E-state index contributed by atoms with van der Waals surface area (Å²) in [7, 11) is 3.08. The zero-order valence-corrected chi connectivity index (χ0v) is 15.9. The Morgan fingerprint density at radius 3 is 2.57 bits per heavy atom. The van der Waals surface area contributed by atoms with E-state index in [0.29, 0.717) is 11.5 Å². The summed E-state index contributed by atoms with van der Waals surface area (Å²) in [5, 5.41) is 2.72. The summed E-state index contributed by atoms with van der Waals surface area (Å²) in [5.41, 5.74) is 0.976. The molecular weight excluding hydrogens is 365 g/mol. The molecule has 0 spiro atoms. The largest absolute Gasteiger partial charge is 0.497 e. The number of esters is 1. The van der Waals surface area contributed by atoms with Crippen molar-refractivity contribution in [2.45, 2.75) is 13.0 Å². The highest BCUT2D eigenvalue weighted by Crippen LogP contribution is 2.29. The average Bonchev–Trinajstić information content (AvgIpc) is 2.71. The van der Waals surface area contributed by atoms with Gasteiger partial charge in [0, 0.05) is 17.2 Å². The van der Waals surface area contributed by atoms with Crippen LogP contribution in [0, 0.1) is 5.82 Å². The molecule has 1 atom stereocenters. The number of hydrogen-bond acceptors (Lipinski definition) is 5. The minimum atomic E-state index is -0.745. The van der Waals surface area contributed by atoms with Crippen molar-refractivity contribution in [3.8, 4) is 11.5 Å². The molecule has 0 aliphatic heterocycles. The summed E-state index contributed by atoms with van der Waals surface area (Å²) in [6, 6.07) is 10.9. The summed E-state index contributed by atoms with van der Waals surface area (Å²) in [4.78, 5) is 23.8. The fourth-order valence-corrected chi connectivity index (χ4v) is 2.49. The monoisotopic (exact) mass is 387 g/mol. The zero-order chi connectivity index (χ0) is 20.5. The number of amides is 1. The number of rotatable bonds is 8. The van der Waals surface area contributed by atoms with Crippen molar-refractivity contribution in [2.75, 3.05) is 20.8 Å². The molecule has 1 amide bonds. The second kappa shape index (κ2) is 10.1. The van der Waals surface area contributed by atoms with Crippen molar-refractivity contribution in [2.24, 2.45) is 0 Å². The van der Waals surface area contributed by atoms with Crippen molar-refractivity contribution in [1.29, 1.82) is 0 Å². The maximum absolute atomic E-state index is 13.5. The maximum atomic E-state index is 13.5. The van der Waals surface area contributed by atoms with Gasteiger partial charge in [0.05, 0.1) is 20.3 Å². The summed E-state index contributed by atoms with van der Waals surface area (Å²) in [5.74, 6) is -0.458. The van der Waals surface area contributed by atoms with Crippen LogP contribution in [0.25, 0.3) is 6.08 Å². The second-order valence-corrected chi connectivity index (χ2v) is 5.86. The van der Waals surface area contributed by atoms with E-state index in [0.717, 1.165) is 11.6 Å². The van der Waals surface area contributed by atoms with Gasteiger partial charge in [-0.2, -0.15) is 0 Å². The normalized spacial score (nSPS) is 11.7. The van der Waals surface area contributed by atoms with Crippen LogP contribution < -0.4 is 14.8 Å². The third-order valence-corrected chi connectivity index (χ3v) is 3.93. The molecule has 2 aromatic carbocycles. The molecule has 0 fully saturated rings. The van der Waals surface area contributed by atoms with Gasteiger partial charge >= 0.3 is 5.97 Å². The van der Waals surface area contributed by atoms with Crippen LogP contribution in [0.15, 0.2) is 48.5 Å². The van der Waals surface area contributed by atoms with E-state index < -0.39 is 30.3 Å². The highest BCUT2D eigenvalue weighted by atomic mass is 19.1. The lowest BCUT2D eigenvalue weighted by Crippen LogP contribution is -2.31. The van der Waals surface area contributed by atoms with E-state index in [-0.39, 0.29) is 5.56 Å². The smallest absolute Gasteiger partial charge is 0.331 e. The van der Waals surface area contributed by atoms with Gasteiger partial charge in [-0.1, -0.05) is 18.2 Å². The van der Waals surface area contributed by atoms with Gasteiger partial charge in [-0.3, -0.25) is 4.79 Å². The van der Waals surface area contributed by atoms with Crippen LogP contribution in [0.4, 0.5) is 4.39 Å². The van der Waals surface area contributed by atoms with Crippen molar-refractivity contribution in [3.05, 3.63) is 65.5 Å². The van der Waals surface area contributed by atoms with E-state index in [1.165, 1.54) is 25.3 Å². The molecule has 1 N–H and O–H groups in total. The maximum Gasteiger partial charge on any atom is 0.331 e. The van der Waals surface area contributed by atoms with E-state index in [1.807, 2.05) is 0 Å². The molecular formula is C21H22FNO5. The molecule has 7 heteroatoms. The molecule has 2 aromatic rings. The summed E-state index contributed by atoms with van der Waals surface area (Å²) in [6.07, 6.45) is 2.36. The minimum absolute atomic E-state index is 0.252. The lowest BCUT2D eigenvalue weighted by molar-refractivity contribution is -0.144. The molecule has 0 saturated heterocycles. The van der Waals surface area contributed by atoms with Gasteiger partial charge in [0.2, 0.25) is 0 Å². The zero-order valence-electron chi connectivity index (χ0n) is 15.9. The Hall–Kier alpha value is -3.35. The van der Waals surface area contributed by atoms with Crippen LogP contribution in [0.3, 0.4) is 0 Å². The Kier molecular flexibility index (Phi) is 7.56. The van der Waals surface area contributed by atoms with Gasteiger partial charge in [-0.15, -0.1) is 0 Å². The minimum Gasteiger partial charge on any atom is -0.497 e. The molecule has 0 heterocycles. The van der Waals surface area contributed by atoms with Gasteiger partial charge in [0.25, 0.3) is 5.91 Å². The van der Waals surface area contributed by atoms with Crippen molar-refractivity contribution in [3.63, 3.8) is 0 Å². The van der Waals surface area contributed by atoms with Crippen LogP contribution in [0.1, 0.15) is 24.1 Å². The second-order valence-electron chi connectivity index (χ2n) is 5.86. The molecule has 28 heavy (non-hydrogen) atoms. The number of halogens is 1. The predicted molar refractivity (Wildman–Crippen MR) is 102 cm³/mol. The molecule has 0 aliphatic carbocycles. The quantitative estimate of drug-likeness (QED) is 0.556. The first kappa shape index (κ1) is 21.0. The number of methoxy groups -OCH3 is 2. The SMILES string of the molecule is COc1ccc(OC)c(C(C)NC(=O)COC(=O)/C=C/c2ccccc2F)c1. The van der Waals surface area contributed by atoms with Gasteiger partial charge in [0.1, 0.15) is 17.3 Å². The van der Waals surface area contributed by atoms with Crippen molar-refractivity contribution >= 4 is 18.0 Å². The van der Waals surface area contributed by atoms with Gasteiger partial charge < -0.3 is 19.5 Å². The molecule has 1 unspecified atom stereocenters. The van der Waals surface area contributed by atoms with Crippen molar-refractivity contribution < 1.29 is 28.2 Å². The fraction of sp³-hybridized carbons (Fsp3) is 0.238. The first-order chi connectivity index (χ1) is 13.4. The van der Waals surface area contributed by atoms with Crippen LogP contribution in [-0.2, 0) is 14.3 Å². The van der Waals surface area contributed by atoms with Crippen LogP contribution in [0.2, 0.25) is 0 Å². The molecule has 0 radical (unpaired) electrons. The van der Waals surface area contributed by atoms with E-state index >= 15 is 0 Å². The van der Waals surface area contributed by atoms with Crippen LogP contribution in [0.5, 0.6) is 11.5 Å². The number of nitrogens with one attached hydrogen (secondary N) is 1. The lowest BCUT2D eigenvalue weighted by Gasteiger charge is -2.18. The topological polar surface area (TPSA) is 73.9 Å². The number of ether oxygens (including phenoxy) is 3. The molecule has 6 nitrogen and oxygen atoms in total. The standard InChI is InChI=1S/C21H22FNO5/c1-14(17-12-16(26-2)9-10-19(17)27-3)23-20(24)13-28-21(25)11-8-15-6-4-5-7-18(15)22/h4-12,14H,13H2,1-3H3,(H,23,24)/b11-8+. The first-order valence-corrected chi connectivity index (χ1v) is 8.55. The highest BCUT2D eigenvalue weighted by molar-refractivity contribution is 5.89. The number of benzene rings is 2. The summed E-state index contributed by atoms with van der Waals surface area (Å²) < 4.78 is 28.9. The first-order valence-electron chi connectivity index (χ1n) is 8.55. The molecule has 0 bridgehead atoms. The van der Waals surface area contributed by atoms with Gasteiger partial charge in [-0.05, 0) is 37.3 Å². The third-order valence-electron chi connectivity index (χ3n) is 3.93. The van der Waals surface area contributed by atoms with E-state index in [2.05, 4.69) is 5.32 Å². The van der Waals surface area contributed by atoms with E-state index in [4.69, 9.17) is 14.2 Å². The molecule has 2 rings (SSSR count). The third kappa shape index (κ3) is 5.84.